The number of aliphatic hydroxyl groups is 1. The van der Waals surface area contributed by atoms with E-state index < -0.39 is 18.3 Å². The number of hydrogen-bond acceptors (Lipinski definition) is 3. The number of nitriles is 1. The van der Waals surface area contributed by atoms with Gasteiger partial charge in [0.1, 0.15) is 0 Å². The number of hydrogen-bond donors (Lipinski definition) is 1. The predicted octanol–water partition coefficient (Wildman–Crippen LogP) is 2.94. The van der Waals surface area contributed by atoms with Crippen LogP contribution in [0.5, 0.6) is 0 Å². The molecule has 1 N–H and O–H groups in total. The lowest BCUT2D eigenvalue weighted by Crippen LogP contribution is -2.26. The normalized spacial score (nSPS) is 11.2. The summed E-state index contributed by atoms with van der Waals surface area (Å²) < 4.78 is 39.0. The summed E-state index contributed by atoms with van der Waals surface area (Å²) in [5.74, 6) is 0. The molecule has 0 unspecified atom stereocenters. The third-order valence-corrected chi connectivity index (χ3v) is 2.76. The largest absolute Gasteiger partial charge is 0.418 e. The number of nitrogens with zero attached hydrogens (tertiary/aromatic N) is 2. The van der Waals surface area contributed by atoms with Crippen LogP contribution >= 0.6 is 0 Å². The van der Waals surface area contributed by atoms with Gasteiger partial charge in [0, 0.05) is 18.8 Å². The molecule has 0 aliphatic carbocycles. The minimum atomic E-state index is -4.49. The van der Waals surface area contributed by atoms with Gasteiger partial charge >= 0.3 is 6.18 Å². The number of benzene rings is 1. The summed E-state index contributed by atoms with van der Waals surface area (Å²) in [6.07, 6.45) is -4.33. The fourth-order valence-electron chi connectivity index (χ4n) is 1.82. The second-order valence-corrected chi connectivity index (χ2v) is 4.00. The van der Waals surface area contributed by atoms with Crippen LogP contribution in [0.3, 0.4) is 0 Å². The molecule has 104 valence electrons. The molecule has 0 aliphatic heterocycles. The van der Waals surface area contributed by atoms with Gasteiger partial charge in [-0.3, -0.25) is 0 Å². The van der Waals surface area contributed by atoms with Crippen LogP contribution in [-0.2, 0) is 12.8 Å². The quantitative estimate of drug-likeness (QED) is 0.896. The van der Waals surface area contributed by atoms with E-state index in [2.05, 4.69) is 0 Å². The van der Waals surface area contributed by atoms with E-state index in [0.29, 0.717) is 6.54 Å². The molecule has 19 heavy (non-hydrogen) atoms. The van der Waals surface area contributed by atoms with Crippen molar-refractivity contribution in [3.05, 3.63) is 29.3 Å². The zero-order valence-electron chi connectivity index (χ0n) is 10.5. The molecule has 0 heterocycles. The van der Waals surface area contributed by atoms with E-state index in [-0.39, 0.29) is 24.2 Å². The first-order chi connectivity index (χ1) is 8.93. The summed E-state index contributed by atoms with van der Waals surface area (Å²) in [5, 5.41) is 17.5. The van der Waals surface area contributed by atoms with Gasteiger partial charge in [-0.05, 0) is 24.6 Å². The van der Waals surface area contributed by atoms with E-state index in [1.807, 2.05) is 6.07 Å². The van der Waals surface area contributed by atoms with Crippen molar-refractivity contribution in [1.29, 1.82) is 5.26 Å². The SMILES string of the molecule is CCN(CCC#N)c1ccc(CO)cc1C(F)(F)F. The van der Waals surface area contributed by atoms with E-state index in [1.165, 1.54) is 17.0 Å². The van der Waals surface area contributed by atoms with Gasteiger partial charge in [-0.25, -0.2) is 0 Å². The fourth-order valence-corrected chi connectivity index (χ4v) is 1.82. The summed E-state index contributed by atoms with van der Waals surface area (Å²) in [6.45, 7) is 1.92. The van der Waals surface area contributed by atoms with Crippen LogP contribution in [0, 0.1) is 11.3 Å². The first-order valence-corrected chi connectivity index (χ1v) is 5.87. The Morgan fingerprint density at radius 2 is 2.05 bits per heavy atom. The average Bonchev–Trinajstić information content (AvgIpc) is 2.38. The van der Waals surface area contributed by atoms with Crippen molar-refractivity contribution in [3.63, 3.8) is 0 Å². The molecule has 0 radical (unpaired) electrons. The number of rotatable bonds is 5. The lowest BCUT2D eigenvalue weighted by molar-refractivity contribution is -0.137. The second-order valence-electron chi connectivity index (χ2n) is 4.00. The van der Waals surface area contributed by atoms with E-state index >= 15 is 0 Å². The van der Waals surface area contributed by atoms with Crippen LogP contribution in [0.2, 0.25) is 0 Å². The van der Waals surface area contributed by atoms with Crippen LogP contribution in [0.4, 0.5) is 18.9 Å². The minimum Gasteiger partial charge on any atom is -0.392 e. The molecule has 0 saturated carbocycles. The number of anilines is 1. The molecule has 6 heteroatoms. The Bertz CT molecular complexity index is 466. The van der Waals surface area contributed by atoms with Crippen molar-refractivity contribution < 1.29 is 18.3 Å². The molecule has 3 nitrogen and oxygen atoms in total. The average molecular weight is 272 g/mol. The second kappa shape index (κ2) is 6.43. The predicted molar refractivity (Wildman–Crippen MR) is 65.5 cm³/mol. The van der Waals surface area contributed by atoms with Crippen molar-refractivity contribution >= 4 is 5.69 Å². The van der Waals surface area contributed by atoms with Crippen LogP contribution in [-0.4, -0.2) is 18.2 Å². The van der Waals surface area contributed by atoms with Crippen LogP contribution in [0.1, 0.15) is 24.5 Å². The summed E-state index contributed by atoms with van der Waals surface area (Å²) in [4.78, 5) is 1.51. The Hall–Kier alpha value is -1.74. The Balaban J connectivity index is 3.21. The highest BCUT2D eigenvalue weighted by molar-refractivity contribution is 5.56. The van der Waals surface area contributed by atoms with Crippen molar-refractivity contribution in [1.82, 2.24) is 0 Å². The van der Waals surface area contributed by atoms with Crippen molar-refractivity contribution in [2.45, 2.75) is 26.1 Å². The van der Waals surface area contributed by atoms with E-state index in [4.69, 9.17) is 10.4 Å². The molecule has 1 rings (SSSR count). The highest BCUT2D eigenvalue weighted by atomic mass is 19.4. The number of alkyl halides is 3. The maximum atomic E-state index is 13.0. The van der Waals surface area contributed by atoms with Gasteiger partial charge in [-0.1, -0.05) is 6.07 Å². The summed E-state index contributed by atoms with van der Waals surface area (Å²) in [7, 11) is 0. The maximum absolute atomic E-state index is 13.0. The Morgan fingerprint density at radius 1 is 1.37 bits per heavy atom. The third kappa shape index (κ3) is 3.86. The maximum Gasteiger partial charge on any atom is 0.418 e. The number of aliphatic hydroxyl groups excluding tert-OH is 1. The third-order valence-electron chi connectivity index (χ3n) is 2.76. The monoisotopic (exact) mass is 272 g/mol. The first-order valence-electron chi connectivity index (χ1n) is 5.87. The van der Waals surface area contributed by atoms with Gasteiger partial charge in [-0.15, -0.1) is 0 Å². The van der Waals surface area contributed by atoms with Gasteiger partial charge in [-0.2, -0.15) is 18.4 Å². The Labute approximate surface area is 109 Å². The Morgan fingerprint density at radius 3 is 2.53 bits per heavy atom. The topological polar surface area (TPSA) is 47.3 Å². The fraction of sp³-hybridized carbons (Fsp3) is 0.462. The number of halogens is 3. The van der Waals surface area contributed by atoms with Gasteiger partial charge in [0.2, 0.25) is 0 Å². The molecule has 0 aromatic heterocycles. The van der Waals surface area contributed by atoms with Crippen LogP contribution in [0.25, 0.3) is 0 Å². The smallest absolute Gasteiger partial charge is 0.392 e. The highest BCUT2D eigenvalue weighted by Gasteiger charge is 2.34. The van der Waals surface area contributed by atoms with Crippen LogP contribution in [0.15, 0.2) is 18.2 Å². The van der Waals surface area contributed by atoms with Crippen molar-refractivity contribution in [2.75, 3.05) is 18.0 Å². The molecule has 0 amide bonds. The molecule has 0 spiro atoms. The van der Waals surface area contributed by atoms with Gasteiger partial charge in [0.25, 0.3) is 0 Å². The summed E-state index contributed by atoms with van der Waals surface area (Å²) >= 11 is 0. The minimum absolute atomic E-state index is 0.0439. The summed E-state index contributed by atoms with van der Waals surface area (Å²) in [6, 6.07) is 5.67. The first kappa shape index (κ1) is 15.3. The molecule has 1 aromatic rings. The standard InChI is InChI=1S/C13H15F3N2O/c1-2-18(7-3-6-17)12-5-4-10(9-19)8-11(12)13(14,15)16/h4-5,8,19H,2-3,7,9H2,1H3. The van der Waals surface area contributed by atoms with E-state index in [1.54, 1.807) is 6.92 Å². The molecule has 0 atom stereocenters. The molecular formula is C13H15F3N2O. The highest BCUT2D eigenvalue weighted by Crippen LogP contribution is 2.37. The van der Waals surface area contributed by atoms with Gasteiger partial charge in [0.05, 0.1) is 24.7 Å². The molecular weight excluding hydrogens is 257 g/mol. The van der Waals surface area contributed by atoms with E-state index in [0.717, 1.165) is 6.07 Å². The molecule has 0 saturated heterocycles. The molecule has 1 aromatic carbocycles. The van der Waals surface area contributed by atoms with Crippen molar-refractivity contribution in [2.24, 2.45) is 0 Å². The van der Waals surface area contributed by atoms with E-state index in [9.17, 15) is 13.2 Å². The van der Waals surface area contributed by atoms with Gasteiger partial charge < -0.3 is 10.0 Å². The zero-order valence-corrected chi connectivity index (χ0v) is 10.5. The molecule has 0 aliphatic rings. The molecule has 0 bridgehead atoms. The zero-order chi connectivity index (χ0) is 14.5. The lowest BCUT2D eigenvalue weighted by atomic mass is 10.1. The van der Waals surface area contributed by atoms with Gasteiger partial charge in [0.15, 0.2) is 0 Å². The lowest BCUT2D eigenvalue weighted by Gasteiger charge is -2.26. The van der Waals surface area contributed by atoms with Crippen LogP contribution < -0.4 is 4.90 Å². The Kier molecular flexibility index (Phi) is 5.19. The van der Waals surface area contributed by atoms with Crippen molar-refractivity contribution in [3.8, 4) is 6.07 Å². The summed E-state index contributed by atoms with van der Waals surface area (Å²) in [5.41, 5.74) is -0.520. The molecule has 0 fully saturated rings.